The zero-order valence-corrected chi connectivity index (χ0v) is 8.76. The molecule has 3 nitrogen and oxygen atoms in total. The maximum absolute atomic E-state index is 11.6. The molecule has 1 saturated carbocycles. The van der Waals surface area contributed by atoms with Crippen LogP contribution in [0.1, 0.15) is 26.7 Å². The van der Waals surface area contributed by atoms with Gasteiger partial charge in [-0.15, -0.1) is 0 Å². The van der Waals surface area contributed by atoms with Gasteiger partial charge in [0.25, 0.3) is 0 Å². The number of nitrogens with zero attached hydrogens (tertiary/aromatic N) is 1. The molecule has 12 heavy (non-hydrogen) atoms. The monoisotopic (exact) mass is 191 g/mol. The first-order chi connectivity index (χ1) is 5.44. The lowest BCUT2D eigenvalue weighted by Gasteiger charge is -2.18. The molecule has 0 spiro atoms. The average Bonchev–Trinajstić information content (AvgIpc) is 2.65. The molecule has 0 heterocycles. The molecule has 1 fully saturated rings. The van der Waals surface area contributed by atoms with Gasteiger partial charge in [-0.2, -0.15) is 0 Å². The quantitative estimate of drug-likeness (QED) is 0.666. The van der Waals surface area contributed by atoms with Crippen molar-refractivity contribution in [2.75, 3.05) is 13.6 Å². The highest BCUT2D eigenvalue weighted by Gasteiger charge is 2.38. The Morgan fingerprint density at radius 2 is 1.92 bits per heavy atom. The summed E-state index contributed by atoms with van der Waals surface area (Å²) in [6.45, 7) is 4.69. The Kier molecular flexibility index (Phi) is 2.78. The molecule has 72 valence electrons. The topological polar surface area (TPSA) is 37.4 Å². The molecule has 0 bridgehead atoms. The van der Waals surface area contributed by atoms with Gasteiger partial charge in [-0.3, -0.25) is 0 Å². The van der Waals surface area contributed by atoms with Gasteiger partial charge in [0.05, 0.1) is 5.25 Å². The fourth-order valence-electron chi connectivity index (χ4n) is 1.24. The molecule has 4 heteroatoms. The normalized spacial score (nSPS) is 19.1. The van der Waals surface area contributed by atoms with Crippen molar-refractivity contribution < 1.29 is 8.42 Å². The molecule has 0 radical (unpaired) electrons. The summed E-state index contributed by atoms with van der Waals surface area (Å²) in [6, 6.07) is 0. The lowest BCUT2D eigenvalue weighted by Crippen LogP contribution is -2.32. The van der Waals surface area contributed by atoms with Crippen LogP contribution in [0.25, 0.3) is 0 Å². The van der Waals surface area contributed by atoms with E-state index in [1.54, 1.807) is 7.05 Å². The van der Waals surface area contributed by atoms with Gasteiger partial charge in [-0.05, 0) is 18.8 Å². The largest absolute Gasteiger partial charge is 0.216 e. The molecule has 1 rings (SSSR count). The zero-order valence-electron chi connectivity index (χ0n) is 7.95. The Labute approximate surface area is 74.8 Å². The number of rotatable bonds is 4. The molecule has 0 N–H and O–H groups in total. The Morgan fingerprint density at radius 1 is 1.42 bits per heavy atom. The lowest BCUT2D eigenvalue weighted by molar-refractivity contribution is 0.416. The Hall–Kier alpha value is -0.0900. The maximum Gasteiger partial charge on any atom is 0.216 e. The molecule has 0 amide bonds. The van der Waals surface area contributed by atoms with Crippen LogP contribution in [-0.4, -0.2) is 31.6 Å². The summed E-state index contributed by atoms with van der Waals surface area (Å²) in [7, 11) is -1.25. The van der Waals surface area contributed by atoms with Gasteiger partial charge >= 0.3 is 0 Å². The summed E-state index contributed by atoms with van der Waals surface area (Å²) in [5.41, 5.74) is 0. The number of hydrogen-bond donors (Lipinski definition) is 0. The summed E-state index contributed by atoms with van der Waals surface area (Å²) in [4.78, 5) is 0. The Balaban J connectivity index is 2.55. The highest BCUT2D eigenvalue weighted by molar-refractivity contribution is 7.90. The predicted molar refractivity (Wildman–Crippen MR) is 49.4 cm³/mol. The van der Waals surface area contributed by atoms with Crippen LogP contribution in [0, 0.1) is 5.92 Å². The highest BCUT2D eigenvalue weighted by Crippen LogP contribution is 2.30. The molecule has 1 aliphatic rings. The maximum atomic E-state index is 11.6. The van der Waals surface area contributed by atoms with Gasteiger partial charge in [-0.1, -0.05) is 13.8 Å². The second-order valence-electron chi connectivity index (χ2n) is 3.92. The van der Waals surface area contributed by atoms with E-state index in [1.807, 2.05) is 13.8 Å². The number of hydrogen-bond acceptors (Lipinski definition) is 2. The zero-order chi connectivity index (χ0) is 9.35. The van der Waals surface area contributed by atoms with Crippen molar-refractivity contribution in [1.29, 1.82) is 0 Å². The Bertz CT molecular complexity index is 242. The Morgan fingerprint density at radius 3 is 2.25 bits per heavy atom. The van der Waals surface area contributed by atoms with Crippen LogP contribution in [0.15, 0.2) is 0 Å². The predicted octanol–water partition coefficient (Wildman–Crippen LogP) is 1.07. The van der Waals surface area contributed by atoms with Crippen molar-refractivity contribution in [2.24, 2.45) is 5.92 Å². The van der Waals surface area contributed by atoms with Gasteiger partial charge in [0.1, 0.15) is 0 Å². The van der Waals surface area contributed by atoms with Crippen LogP contribution in [-0.2, 0) is 10.0 Å². The third-order valence-electron chi connectivity index (χ3n) is 2.00. The van der Waals surface area contributed by atoms with E-state index in [4.69, 9.17) is 0 Å². The van der Waals surface area contributed by atoms with Gasteiger partial charge in [0, 0.05) is 13.6 Å². The molecule has 0 atom stereocenters. The molecule has 0 aromatic carbocycles. The minimum Gasteiger partial charge on any atom is -0.212 e. The molecule has 0 aliphatic heterocycles. The van der Waals surface area contributed by atoms with E-state index in [-0.39, 0.29) is 5.25 Å². The average molecular weight is 191 g/mol. The summed E-state index contributed by atoms with van der Waals surface area (Å²) in [5.74, 6) is 0.406. The molecule has 0 unspecified atom stereocenters. The van der Waals surface area contributed by atoms with Crippen LogP contribution in [0.4, 0.5) is 0 Å². The van der Waals surface area contributed by atoms with E-state index in [0.717, 1.165) is 12.8 Å². The van der Waals surface area contributed by atoms with Crippen molar-refractivity contribution in [3.8, 4) is 0 Å². The summed E-state index contributed by atoms with van der Waals surface area (Å²) in [5, 5.41) is -0.0683. The standard InChI is InChI=1S/C8H17NO2S/c1-7(2)6-9(3)12(10,11)8-4-5-8/h7-8H,4-6H2,1-3H3. The SMILES string of the molecule is CC(C)CN(C)S(=O)(=O)C1CC1. The van der Waals surface area contributed by atoms with Crippen LogP contribution >= 0.6 is 0 Å². The second kappa shape index (κ2) is 3.34. The fourth-order valence-corrected chi connectivity index (χ4v) is 2.99. The first-order valence-corrected chi connectivity index (χ1v) is 5.90. The van der Waals surface area contributed by atoms with Crippen LogP contribution in [0.3, 0.4) is 0 Å². The molecule has 0 aromatic rings. The lowest BCUT2D eigenvalue weighted by atomic mass is 10.2. The van der Waals surface area contributed by atoms with Crippen LogP contribution in [0.5, 0.6) is 0 Å². The highest BCUT2D eigenvalue weighted by atomic mass is 32.2. The van der Waals surface area contributed by atoms with E-state index in [2.05, 4.69) is 0 Å². The van der Waals surface area contributed by atoms with E-state index in [9.17, 15) is 8.42 Å². The third kappa shape index (κ3) is 2.20. The van der Waals surface area contributed by atoms with Gasteiger partial charge in [-0.25, -0.2) is 12.7 Å². The first kappa shape index (κ1) is 9.99. The van der Waals surface area contributed by atoms with Gasteiger partial charge in [0.2, 0.25) is 10.0 Å². The molecular weight excluding hydrogens is 174 g/mol. The minimum atomic E-state index is -2.93. The minimum absolute atomic E-state index is 0.0683. The third-order valence-corrected chi connectivity index (χ3v) is 4.33. The van der Waals surface area contributed by atoms with Crippen molar-refractivity contribution in [2.45, 2.75) is 31.9 Å². The summed E-state index contributed by atoms with van der Waals surface area (Å²) >= 11 is 0. The van der Waals surface area contributed by atoms with Crippen molar-refractivity contribution in [3.63, 3.8) is 0 Å². The van der Waals surface area contributed by atoms with E-state index in [1.165, 1.54) is 4.31 Å². The fraction of sp³-hybridized carbons (Fsp3) is 1.00. The second-order valence-corrected chi connectivity index (χ2v) is 6.24. The molecular formula is C8H17NO2S. The van der Waals surface area contributed by atoms with Crippen LogP contribution < -0.4 is 0 Å². The first-order valence-electron chi connectivity index (χ1n) is 4.39. The van der Waals surface area contributed by atoms with E-state index < -0.39 is 10.0 Å². The van der Waals surface area contributed by atoms with Crippen LogP contribution in [0.2, 0.25) is 0 Å². The summed E-state index contributed by atoms with van der Waals surface area (Å²) < 4.78 is 24.6. The van der Waals surface area contributed by atoms with E-state index >= 15 is 0 Å². The number of sulfonamides is 1. The van der Waals surface area contributed by atoms with Crippen molar-refractivity contribution in [1.82, 2.24) is 4.31 Å². The molecule has 1 aliphatic carbocycles. The van der Waals surface area contributed by atoms with Crippen molar-refractivity contribution >= 4 is 10.0 Å². The van der Waals surface area contributed by atoms with E-state index in [0.29, 0.717) is 12.5 Å². The smallest absolute Gasteiger partial charge is 0.212 e. The molecule has 0 saturated heterocycles. The van der Waals surface area contributed by atoms with Gasteiger partial charge in [0.15, 0.2) is 0 Å². The van der Waals surface area contributed by atoms with Crippen molar-refractivity contribution in [3.05, 3.63) is 0 Å². The summed E-state index contributed by atoms with van der Waals surface area (Å²) in [6.07, 6.45) is 1.70. The molecule has 0 aromatic heterocycles. The van der Waals surface area contributed by atoms with Gasteiger partial charge < -0.3 is 0 Å².